The van der Waals surface area contributed by atoms with Gasteiger partial charge in [-0.25, -0.2) is 13.4 Å². The van der Waals surface area contributed by atoms with Gasteiger partial charge in [-0.2, -0.15) is 0 Å². The third-order valence-corrected chi connectivity index (χ3v) is 3.18. The molecule has 19 heavy (non-hydrogen) atoms. The van der Waals surface area contributed by atoms with Gasteiger partial charge < -0.3 is 10.6 Å². The average molecular weight is 281 g/mol. The smallest absolute Gasteiger partial charge is 0.188 e. The summed E-state index contributed by atoms with van der Waals surface area (Å²) in [6, 6.07) is 2.88. The van der Waals surface area contributed by atoms with E-state index < -0.39 is 9.84 Å². The van der Waals surface area contributed by atoms with Crippen LogP contribution in [0, 0.1) is 11.8 Å². The summed E-state index contributed by atoms with van der Waals surface area (Å²) in [5.74, 6) is 5.33. The quantitative estimate of drug-likeness (QED) is 0.375. The molecule has 1 aromatic heterocycles. The number of amidine groups is 1. The van der Waals surface area contributed by atoms with Crippen molar-refractivity contribution in [3.63, 3.8) is 0 Å². The Labute approximate surface area is 112 Å². The number of aromatic nitrogens is 1. The fourth-order valence-electron chi connectivity index (χ4n) is 1.28. The summed E-state index contributed by atoms with van der Waals surface area (Å²) < 4.78 is 23.2. The van der Waals surface area contributed by atoms with E-state index in [9.17, 15) is 8.42 Å². The average Bonchev–Trinajstić information content (AvgIpc) is 2.35. The Kier molecular flexibility index (Phi) is 4.89. The summed E-state index contributed by atoms with van der Waals surface area (Å²) in [5, 5.41) is 3.64. The summed E-state index contributed by atoms with van der Waals surface area (Å²) >= 11 is 0. The Morgan fingerprint density at radius 2 is 2.21 bits per heavy atom. The second kappa shape index (κ2) is 6.20. The van der Waals surface area contributed by atoms with Gasteiger partial charge in [-0.05, 0) is 31.9 Å². The Morgan fingerprint density at radius 3 is 2.74 bits per heavy atom. The molecule has 7 heteroatoms. The van der Waals surface area contributed by atoms with Crippen LogP contribution in [0.3, 0.4) is 0 Å². The van der Waals surface area contributed by atoms with Crippen molar-refractivity contribution in [1.82, 2.24) is 4.98 Å². The molecule has 0 spiro atoms. The number of sulfone groups is 1. The molecule has 0 saturated carbocycles. The SMILES string of the molecule is CC#Cc1nc(C(N)=NOCC)ccc1S(C)(=O)=O. The van der Waals surface area contributed by atoms with Gasteiger partial charge in [0.2, 0.25) is 0 Å². The lowest BCUT2D eigenvalue weighted by molar-refractivity contribution is 0.158. The zero-order valence-corrected chi connectivity index (χ0v) is 11.8. The number of nitrogens with two attached hydrogens (primary N) is 1. The molecule has 102 valence electrons. The van der Waals surface area contributed by atoms with Crippen LogP contribution >= 0.6 is 0 Å². The molecule has 0 aliphatic heterocycles. The fourth-order valence-corrected chi connectivity index (χ4v) is 2.04. The summed E-state index contributed by atoms with van der Waals surface area (Å²) in [4.78, 5) is 8.97. The zero-order chi connectivity index (χ0) is 14.5. The molecule has 0 unspecified atom stereocenters. The van der Waals surface area contributed by atoms with Crippen LogP contribution in [0.25, 0.3) is 0 Å². The molecular weight excluding hydrogens is 266 g/mol. The largest absolute Gasteiger partial charge is 0.394 e. The third kappa shape index (κ3) is 3.96. The van der Waals surface area contributed by atoms with E-state index in [2.05, 4.69) is 22.0 Å². The summed E-state index contributed by atoms with van der Waals surface area (Å²) in [5.41, 5.74) is 6.14. The van der Waals surface area contributed by atoms with Crippen LogP contribution in [0.2, 0.25) is 0 Å². The molecule has 0 fully saturated rings. The molecule has 0 amide bonds. The maximum atomic E-state index is 11.6. The van der Waals surface area contributed by atoms with Crippen LogP contribution < -0.4 is 5.73 Å². The first-order valence-corrected chi connectivity index (χ1v) is 7.39. The lowest BCUT2D eigenvalue weighted by Gasteiger charge is -2.05. The van der Waals surface area contributed by atoms with E-state index in [1.54, 1.807) is 13.8 Å². The molecule has 1 rings (SSSR count). The Bertz CT molecular complexity index is 655. The molecule has 6 nitrogen and oxygen atoms in total. The van der Waals surface area contributed by atoms with Crippen molar-refractivity contribution >= 4 is 15.7 Å². The highest BCUT2D eigenvalue weighted by molar-refractivity contribution is 7.90. The molecule has 0 aromatic carbocycles. The Hall–Kier alpha value is -2.07. The molecule has 0 bridgehead atoms. The van der Waals surface area contributed by atoms with Crippen molar-refractivity contribution < 1.29 is 13.3 Å². The maximum absolute atomic E-state index is 11.6. The van der Waals surface area contributed by atoms with E-state index in [1.807, 2.05) is 0 Å². The van der Waals surface area contributed by atoms with Gasteiger partial charge in [-0.3, -0.25) is 0 Å². The molecular formula is C12H15N3O3S. The van der Waals surface area contributed by atoms with Crippen molar-refractivity contribution in [2.24, 2.45) is 10.9 Å². The van der Waals surface area contributed by atoms with Crippen LogP contribution in [0.1, 0.15) is 25.2 Å². The van der Waals surface area contributed by atoms with Crippen LogP contribution in [-0.4, -0.2) is 32.1 Å². The minimum absolute atomic E-state index is 0.0646. The minimum Gasteiger partial charge on any atom is -0.394 e. The van der Waals surface area contributed by atoms with E-state index in [0.29, 0.717) is 12.3 Å². The molecule has 2 N–H and O–H groups in total. The molecule has 0 saturated heterocycles. The van der Waals surface area contributed by atoms with Crippen molar-refractivity contribution in [2.45, 2.75) is 18.7 Å². The van der Waals surface area contributed by atoms with Crippen molar-refractivity contribution in [3.8, 4) is 11.8 Å². The zero-order valence-electron chi connectivity index (χ0n) is 11.0. The second-order valence-electron chi connectivity index (χ2n) is 3.58. The highest BCUT2D eigenvalue weighted by atomic mass is 32.2. The lowest BCUT2D eigenvalue weighted by atomic mass is 10.3. The second-order valence-corrected chi connectivity index (χ2v) is 5.57. The predicted molar refractivity (Wildman–Crippen MR) is 72.2 cm³/mol. The number of hydrogen-bond donors (Lipinski definition) is 1. The lowest BCUT2D eigenvalue weighted by Crippen LogP contribution is -2.17. The van der Waals surface area contributed by atoms with Gasteiger partial charge in [0.15, 0.2) is 15.7 Å². The maximum Gasteiger partial charge on any atom is 0.188 e. The first-order chi connectivity index (χ1) is 8.90. The molecule has 0 aliphatic carbocycles. The Morgan fingerprint density at radius 1 is 1.53 bits per heavy atom. The summed E-state index contributed by atoms with van der Waals surface area (Å²) in [7, 11) is -3.39. The topological polar surface area (TPSA) is 94.6 Å². The molecule has 1 heterocycles. The normalized spacial score (nSPS) is 11.6. The number of oxime groups is 1. The van der Waals surface area contributed by atoms with E-state index in [1.165, 1.54) is 12.1 Å². The predicted octanol–water partition coefficient (Wildman–Crippen LogP) is 0.513. The van der Waals surface area contributed by atoms with Crippen LogP contribution in [0.15, 0.2) is 22.2 Å². The summed E-state index contributed by atoms with van der Waals surface area (Å²) in [6.07, 6.45) is 1.10. The molecule has 0 aliphatic rings. The van der Waals surface area contributed by atoms with Crippen molar-refractivity contribution in [1.29, 1.82) is 0 Å². The van der Waals surface area contributed by atoms with Gasteiger partial charge in [-0.15, -0.1) is 0 Å². The molecule has 0 radical (unpaired) electrons. The van der Waals surface area contributed by atoms with Crippen LogP contribution in [0.5, 0.6) is 0 Å². The van der Waals surface area contributed by atoms with Gasteiger partial charge in [0.05, 0.1) is 0 Å². The van der Waals surface area contributed by atoms with Gasteiger partial charge in [-0.1, -0.05) is 11.1 Å². The highest BCUT2D eigenvalue weighted by Crippen LogP contribution is 2.13. The van der Waals surface area contributed by atoms with Gasteiger partial charge >= 0.3 is 0 Å². The number of nitrogens with zero attached hydrogens (tertiary/aromatic N) is 2. The number of pyridine rings is 1. The highest BCUT2D eigenvalue weighted by Gasteiger charge is 2.15. The van der Waals surface area contributed by atoms with E-state index >= 15 is 0 Å². The Balaban J connectivity index is 3.35. The first kappa shape index (κ1) is 15.0. The van der Waals surface area contributed by atoms with Gasteiger partial charge in [0.25, 0.3) is 0 Å². The molecule has 0 atom stereocenters. The van der Waals surface area contributed by atoms with E-state index in [-0.39, 0.29) is 16.4 Å². The van der Waals surface area contributed by atoms with Gasteiger partial charge in [0, 0.05) is 6.26 Å². The van der Waals surface area contributed by atoms with Gasteiger partial charge in [0.1, 0.15) is 22.9 Å². The third-order valence-electron chi connectivity index (χ3n) is 2.06. The standard InChI is InChI=1S/C12H15N3O3S/c1-4-6-9-11(19(3,16)17)8-7-10(14-9)12(13)15-18-5-2/h7-8H,5H2,1-3H3,(H2,13,15). The minimum atomic E-state index is -3.39. The summed E-state index contributed by atoms with van der Waals surface area (Å²) in [6.45, 7) is 3.74. The van der Waals surface area contributed by atoms with E-state index in [0.717, 1.165) is 6.26 Å². The fraction of sp³-hybridized carbons (Fsp3) is 0.333. The number of hydrogen-bond acceptors (Lipinski definition) is 5. The van der Waals surface area contributed by atoms with E-state index in [4.69, 9.17) is 10.6 Å². The van der Waals surface area contributed by atoms with Crippen LogP contribution in [-0.2, 0) is 14.7 Å². The monoisotopic (exact) mass is 281 g/mol. The molecule has 1 aromatic rings. The van der Waals surface area contributed by atoms with Crippen LogP contribution in [0.4, 0.5) is 0 Å². The van der Waals surface area contributed by atoms with Crippen molar-refractivity contribution in [2.75, 3.05) is 12.9 Å². The first-order valence-electron chi connectivity index (χ1n) is 5.49. The number of rotatable bonds is 4. The van der Waals surface area contributed by atoms with Crippen molar-refractivity contribution in [3.05, 3.63) is 23.5 Å².